The molecular weight excluding hydrogens is 418 g/mol. The molecule has 4 rings (SSSR count). The predicted molar refractivity (Wildman–Crippen MR) is 124 cm³/mol. The van der Waals surface area contributed by atoms with Crippen LogP contribution in [0, 0.1) is 11.6 Å². The number of aryl methyl sites for hydroxylation is 1. The number of nitrogens with zero attached hydrogens (tertiary/aromatic N) is 7. The fourth-order valence-electron chi connectivity index (χ4n) is 2.95. The first kappa shape index (κ1) is 22.2. The van der Waals surface area contributed by atoms with Gasteiger partial charge < -0.3 is 19.9 Å². The molecule has 9 nitrogen and oxygen atoms in total. The molecule has 0 amide bonds. The lowest BCUT2D eigenvalue weighted by Crippen LogP contribution is -2.02. The van der Waals surface area contributed by atoms with Crippen molar-refractivity contribution in [3.8, 4) is 0 Å². The number of imidazole rings is 2. The molecular formula is C19H27N9S2. The Bertz CT molecular complexity index is 1220. The Hall–Kier alpha value is -2.53. The van der Waals surface area contributed by atoms with Crippen molar-refractivity contribution in [3.63, 3.8) is 0 Å². The van der Waals surface area contributed by atoms with Crippen molar-refractivity contribution in [2.75, 3.05) is 11.5 Å². The molecule has 0 fully saturated rings. The number of hydrogen-bond donors (Lipinski definition) is 2. The highest BCUT2D eigenvalue weighted by Gasteiger charge is 2.13. The fraction of sp³-hybridized carbons (Fsp3) is 0.474. The number of nitrogen functional groups attached to an aromatic ring is 1. The summed E-state index contributed by atoms with van der Waals surface area (Å²) in [6.45, 7) is 12.4. The van der Waals surface area contributed by atoms with Gasteiger partial charge in [0.2, 0.25) is 0 Å². The van der Waals surface area contributed by atoms with Gasteiger partial charge in [-0.1, -0.05) is 19.1 Å². The molecule has 30 heavy (non-hydrogen) atoms. The van der Waals surface area contributed by atoms with E-state index in [1.54, 1.807) is 18.1 Å². The SMILES string of the molecule is CC(C)n1cnc2c(=S)nc(N)[nH]c21.CCSc1nc(C)nc2c1ncn2C(C)C. The summed E-state index contributed by atoms with van der Waals surface area (Å²) in [5, 5.41) is 0.990. The minimum Gasteiger partial charge on any atom is -0.369 e. The summed E-state index contributed by atoms with van der Waals surface area (Å²) in [6, 6.07) is 0.686. The van der Waals surface area contributed by atoms with Crippen molar-refractivity contribution in [3.05, 3.63) is 23.1 Å². The van der Waals surface area contributed by atoms with Gasteiger partial charge in [-0.2, -0.15) is 0 Å². The monoisotopic (exact) mass is 445 g/mol. The first-order chi connectivity index (χ1) is 14.2. The minimum atomic E-state index is 0.312. The van der Waals surface area contributed by atoms with Crippen molar-refractivity contribution >= 4 is 52.3 Å². The lowest BCUT2D eigenvalue weighted by Gasteiger charge is -2.08. The number of nitrogens with two attached hydrogens (primary N) is 1. The van der Waals surface area contributed by atoms with Crippen LogP contribution in [0.2, 0.25) is 0 Å². The molecule has 0 radical (unpaired) electrons. The van der Waals surface area contributed by atoms with Crippen LogP contribution in [0.3, 0.4) is 0 Å². The summed E-state index contributed by atoms with van der Waals surface area (Å²) in [6.07, 6.45) is 3.59. The molecule has 4 aromatic rings. The van der Waals surface area contributed by atoms with E-state index >= 15 is 0 Å². The number of anilines is 1. The molecule has 0 atom stereocenters. The van der Waals surface area contributed by atoms with Crippen molar-refractivity contribution in [1.29, 1.82) is 0 Å². The highest BCUT2D eigenvalue weighted by atomic mass is 32.2. The molecule has 0 saturated heterocycles. The first-order valence-electron chi connectivity index (χ1n) is 9.79. The summed E-state index contributed by atoms with van der Waals surface area (Å²) in [5.74, 6) is 2.14. The lowest BCUT2D eigenvalue weighted by molar-refractivity contribution is 0.612. The highest BCUT2D eigenvalue weighted by molar-refractivity contribution is 7.99. The summed E-state index contributed by atoms with van der Waals surface area (Å²) >= 11 is 6.77. The molecule has 0 aliphatic rings. The third kappa shape index (κ3) is 4.46. The van der Waals surface area contributed by atoms with Crippen LogP contribution < -0.4 is 5.73 Å². The standard InChI is InChI=1S/C11H16N4S.C8H11N5S/c1-5-16-11-9-10(13-8(4)14-11)15(6-12-9)7(2)3;1-4(2)13-3-10-5-6(13)11-8(9)12-7(5)14/h6-7H,5H2,1-4H3;3-4H,1-2H3,(H3,9,11,12,14). The van der Waals surface area contributed by atoms with E-state index < -0.39 is 0 Å². The van der Waals surface area contributed by atoms with E-state index in [1.807, 2.05) is 17.8 Å². The quantitative estimate of drug-likeness (QED) is 0.268. The third-order valence-corrected chi connectivity index (χ3v) is 5.49. The van der Waals surface area contributed by atoms with E-state index in [1.165, 1.54) is 0 Å². The van der Waals surface area contributed by atoms with Gasteiger partial charge in [-0.25, -0.2) is 24.9 Å². The third-order valence-electron chi connectivity index (χ3n) is 4.36. The highest BCUT2D eigenvalue weighted by Crippen LogP contribution is 2.25. The van der Waals surface area contributed by atoms with Gasteiger partial charge in [-0.15, -0.1) is 11.8 Å². The molecule has 0 bridgehead atoms. The number of hydrogen-bond acceptors (Lipinski definition) is 8. The Kier molecular flexibility index (Phi) is 6.71. The van der Waals surface area contributed by atoms with E-state index in [2.05, 4.69) is 69.1 Å². The van der Waals surface area contributed by atoms with Gasteiger partial charge in [0, 0.05) is 12.1 Å². The van der Waals surface area contributed by atoms with Gasteiger partial charge in [-0.3, -0.25) is 0 Å². The summed E-state index contributed by atoms with van der Waals surface area (Å²) in [4.78, 5) is 24.4. The molecule has 0 saturated carbocycles. The van der Waals surface area contributed by atoms with Crippen LogP contribution >= 0.6 is 24.0 Å². The first-order valence-corrected chi connectivity index (χ1v) is 11.2. The molecule has 0 aliphatic carbocycles. The second kappa shape index (κ2) is 9.09. The molecule has 4 heterocycles. The second-order valence-corrected chi connectivity index (χ2v) is 8.94. The molecule has 0 spiro atoms. The number of thioether (sulfide) groups is 1. The zero-order valence-electron chi connectivity index (χ0n) is 18.0. The Balaban J connectivity index is 0.000000172. The van der Waals surface area contributed by atoms with Gasteiger partial charge in [-0.05, 0) is 40.4 Å². The summed E-state index contributed by atoms with van der Waals surface area (Å²) < 4.78 is 4.50. The number of H-pyrrole nitrogens is 1. The molecule has 11 heteroatoms. The smallest absolute Gasteiger partial charge is 0.200 e. The Morgan fingerprint density at radius 3 is 2.30 bits per heavy atom. The lowest BCUT2D eigenvalue weighted by atomic mass is 10.4. The van der Waals surface area contributed by atoms with Crippen molar-refractivity contribution in [2.24, 2.45) is 0 Å². The maximum absolute atomic E-state index is 5.58. The molecule has 0 unspecified atom stereocenters. The van der Waals surface area contributed by atoms with Crippen molar-refractivity contribution < 1.29 is 0 Å². The van der Waals surface area contributed by atoms with Crippen LogP contribution in [0.4, 0.5) is 5.95 Å². The van der Waals surface area contributed by atoms with Crippen LogP contribution in [0.15, 0.2) is 17.7 Å². The number of fused-ring (bicyclic) bond motifs is 2. The van der Waals surface area contributed by atoms with Gasteiger partial charge in [0.05, 0.1) is 12.7 Å². The van der Waals surface area contributed by atoms with Crippen LogP contribution in [0.1, 0.15) is 52.5 Å². The maximum atomic E-state index is 5.58. The Morgan fingerprint density at radius 2 is 1.67 bits per heavy atom. The van der Waals surface area contributed by atoms with E-state index in [4.69, 9.17) is 18.0 Å². The average Bonchev–Trinajstić information content (AvgIpc) is 3.26. The van der Waals surface area contributed by atoms with Gasteiger partial charge in [0.1, 0.15) is 27.5 Å². The van der Waals surface area contributed by atoms with Crippen LogP contribution in [0.5, 0.6) is 0 Å². The minimum absolute atomic E-state index is 0.312. The van der Waals surface area contributed by atoms with E-state index in [0.29, 0.717) is 28.2 Å². The number of aromatic amines is 1. The zero-order chi connectivity index (χ0) is 22.0. The second-order valence-electron chi connectivity index (χ2n) is 7.30. The fourth-order valence-corrected chi connectivity index (χ4v) is 3.95. The van der Waals surface area contributed by atoms with Gasteiger partial charge >= 0.3 is 0 Å². The number of rotatable bonds is 4. The normalized spacial score (nSPS) is 11.5. The topological polar surface area (TPSA) is 116 Å². The van der Waals surface area contributed by atoms with E-state index in [-0.39, 0.29) is 0 Å². The predicted octanol–water partition coefficient (Wildman–Crippen LogP) is 4.48. The number of nitrogens with one attached hydrogen (secondary N) is 1. The van der Waals surface area contributed by atoms with Crippen LogP contribution in [0.25, 0.3) is 22.3 Å². The maximum Gasteiger partial charge on any atom is 0.200 e. The number of aromatic nitrogens is 8. The van der Waals surface area contributed by atoms with E-state index in [0.717, 1.165) is 33.4 Å². The van der Waals surface area contributed by atoms with Gasteiger partial charge in [0.25, 0.3) is 0 Å². The zero-order valence-corrected chi connectivity index (χ0v) is 19.7. The Morgan fingerprint density at radius 1 is 1.03 bits per heavy atom. The summed E-state index contributed by atoms with van der Waals surface area (Å²) in [5.41, 5.74) is 8.97. The summed E-state index contributed by atoms with van der Waals surface area (Å²) in [7, 11) is 0. The van der Waals surface area contributed by atoms with Gasteiger partial charge in [0.15, 0.2) is 16.2 Å². The van der Waals surface area contributed by atoms with E-state index in [9.17, 15) is 0 Å². The molecule has 0 aromatic carbocycles. The molecule has 3 N–H and O–H groups in total. The van der Waals surface area contributed by atoms with Crippen LogP contribution in [-0.4, -0.2) is 44.8 Å². The van der Waals surface area contributed by atoms with Crippen molar-refractivity contribution in [1.82, 2.24) is 39.0 Å². The Labute approximate surface area is 184 Å². The average molecular weight is 446 g/mol. The van der Waals surface area contributed by atoms with Crippen LogP contribution in [-0.2, 0) is 0 Å². The largest absolute Gasteiger partial charge is 0.369 e. The molecule has 160 valence electrons. The molecule has 4 aromatic heterocycles. The van der Waals surface area contributed by atoms with Crippen molar-refractivity contribution in [2.45, 2.75) is 58.7 Å². The molecule has 0 aliphatic heterocycles.